The minimum absolute atomic E-state index is 1.07. The van der Waals surface area contributed by atoms with E-state index in [1.54, 1.807) is 0 Å². The molecule has 1 aliphatic heterocycles. The Morgan fingerprint density at radius 3 is 2.58 bits per heavy atom. The lowest BCUT2D eigenvalue weighted by Crippen LogP contribution is -2.36. The van der Waals surface area contributed by atoms with Crippen LogP contribution in [0.2, 0.25) is 0 Å². The fourth-order valence-corrected chi connectivity index (χ4v) is 2.83. The summed E-state index contributed by atoms with van der Waals surface area (Å²) in [4.78, 5) is 5.06. The summed E-state index contributed by atoms with van der Waals surface area (Å²) in [7, 11) is 2.24. The molecule has 0 spiro atoms. The fraction of sp³-hybridized carbons (Fsp3) is 0.647. The van der Waals surface area contributed by atoms with Gasteiger partial charge in [0.05, 0.1) is 0 Å². The molecule has 1 aromatic rings. The first-order chi connectivity index (χ1) is 9.28. The van der Waals surface area contributed by atoms with Gasteiger partial charge >= 0.3 is 0 Å². The average Bonchev–Trinajstić information content (AvgIpc) is 2.46. The normalized spacial score (nSPS) is 17.0. The van der Waals surface area contributed by atoms with Crippen LogP contribution in [0.1, 0.15) is 37.3 Å². The van der Waals surface area contributed by atoms with E-state index in [0.29, 0.717) is 0 Å². The highest BCUT2D eigenvalue weighted by molar-refractivity contribution is 5.23. The average molecular weight is 260 g/mol. The molecule has 106 valence electrons. The number of hydrogen-bond donors (Lipinski definition) is 0. The number of benzene rings is 1. The van der Waals surface area contributed by atoms with Crippen LogP contribution in [-0.2, 0) is 13.0 Å². The molecule has 2 heteroatoms. The topological polar surface area (TPSA) is 6.48 Å². The van der Waals surface area contributed by atoms with Gasteiger partial charge < -0.3 is 9.80 Å². The Bertz CT molecular complexity index is 369. The van der Waals surface area contributed by atoms with Gasteiger partial charge in [0.15, 0.2) is 0 Å². The van der Waals surface area contributed by atoms with Gasteiger partial charge in [-0.25, -0.2) is 0 Å². The summed E-state index contributed by atoms with van der Waals surface area (Å²) in [6, 6.07) is 9.00. The number of aryl methyl sites for hydroxylation is 1. The van der Waals surface area contributed by atoms with Crippen molar-refractivity contribution >= 4 is 0 Å². The second-order valence-electron chi connectivity index (χ2n) is 5.81. The third-order valence-electron chi connectivity index (χ3n) is 4.10. The zero-order chi connectivity index (χ0) is 13.5. The molecule has 0 aliphatic carbocycles. The van der Waals surface area contributed by atoms with Crippen molar-refractivity contribution in [1.82, 2.24) is 9.80 Å². The lowest BCUT2D eigenvalue weighted by atomic mass is 10.1. The van der Waals surface area contributed by atoms with E-state index in [1.807, 2.05) is 0 Å². The molecule has 1 fully saturated rings. The number of likely N-dealkylation sites (tertiary alicyclic amines) is 1. The van der Waals surface area contributed by atoms with Crippen LogP contribution in [0.3, 0.4) is 0 Å². The molecule has 1 saturated heterocycles. The molecule has 2 nitrogen and oxygen atoms in total. The van der Waals surface area contributed by atoms with Crippen molar-refractivity contribution in [2.45, 2.75) is 39.2 Å². The summed E-state index contributed by atoms with van der Waals surface area (Å²) in [5.41, 5.74) is 2.89. The van der Waals surface area contributed by atoms with Crippen LogP contribution < -0.4 is 0 Å². The molecule has 0 aromatic heterocycles. The lowest BCUT2D eigenvalue weighted by molar-refractivity contribution is 0.194. The third-order valence-corrected chi connectivity index (χ3v) is 4.10. The molecule has 0 N–H and O–H groups in total. The van der Waals surface area contributed by atoms with Crippen LogP contribution in [0.25, 0.3) is 0 Å². The van der Waals surface area contributed by atoms with E-state index < -0.39 is 0 Å². The first-order valence-electron chi connectivity index (χ1n) is 7.76. The third kappa shape index (κ3) is 4.96. The number of rotatable bonds is 6. The Hall–Kier alpha value is -0.860. The SMILES string of the molecule is CCc1cccc(CN(C)CCN2CCCCC2)c1. The number of nitrogens with zero attached hydrogens (tertiary/aromatic N) is 2. The molecule has 1 heterocycles. The molecule has 0 amide bonds. The van der Waals surface area contributed by atoms with Gasteiger partial charge in [-0.3, -0.25) is 0 Å². The smallest absolute Gasteiger partial charge is 0.0231 e. The number of piperidine rings is 1. The Kier molecular flexibility index (Phi) is 5.87. The summed E-state index contributed by atoms with van der Waals surface area (Å²) >= 11 is 0. The quantitative estimate of drug-likeness (QED) is 0.775. The summed E-state index contributed by atoms with van der Waals surface area (Å²) < 4.78 is 0. The van der Waals surface area contributed by atoms with E-state index in [1.165, 1.54) is 56.6 Å². The predicted molar refractivity (Wildman–Crippen MR) is 82.4 cm³/mol. The maximum absolute atomic E-state index is 2.61. The molecule has 0 saturated carbocycles. The van der Waals surface area contributed by atoms with Crippen molar-refractivity contribution < 1.29 is 0 Å². The molecule has 0 unspecified atom stereocenters. The Labute approximate surface area is 118 Å². The van der Waals surface area contributed by atoms with Gasteiger partial charge in [-0.1, -0.05) is 37.6 Å². The van der Waals surface area contributed by atoms with Crippen molar-refractivity contribution in [1.29, 1.82) is 0 Å². The highest BCUT2D eigenvalue weighted by atomic mass is 15.2. The van der Waals surface area contributed by atoms with Gasteiger partial charge in [-0.2, -0.15) is 0 Å². The maximum Gasteiger partial charge on any atom is 0.0231 e. The molecule has 1 aromatic carbocycles. The summed E-state index contributed by atoms with van der Waals surface area (Å²) in [6.45, 7) is 8.31. The second-order valence-corrected chi connectivity index (χ2v) is 5.81. The van der Waals surface area contributed by atoms with E-state index in [0.717, 1.165) is 13.0 Å². The largest absolute Gasteiger partial charge is 0.302 e. The van der Waals surface area contributed by atoms with Gasteiger partial charge in [-0.05, 0) is 50.5 Å². The molecule has 0 bridgehead atoms. The molecular formula is C17H28N2. The molecule has 1 aliphatic rings. The van der Waals surface area contributed by atoms with E-state index in [4.69, 9.17) is 0 Å². The fourth-order valence-electron chi connectivity index (χ4n) is 2.83. The Morgan fingerprint density at radius 2 is 1.84 bits per heavy atom. The van der Waals surface area contributed by atoms with Crippen LogP contribution in [0, 0.1) is 0 Å². The van der Waals surface area contributed by atoms with Crippen molar-refractivity contribution in [2.75, 3.05) is 33.2 Å². The van der Waals surface area contributed by atoms with E-state index in [2.05, 4.69) is 48.0 Å². The zero-order valence-corrected chi connectivity index (χ0v) is 12.6. The summed E-state index contributed by atoms with van der Waals surface area (Å²) in [5, 5.41) is 0. The second kappa shape index (κ2) is 7.66. The minimum Gasteiger partial charge on any atom is -0.302 e. The van der Waals surface area contributed by atoms with Crippen LogP contribution in [0.4, 0.5) is 0 Å². The summed E-state index contributed by atoms with van der Waals surface area (Å²) in [5.74, 6) is 0. The monoisotopic (exact) mass is 260 g/mol. The van der Waals surface area contributed by atoms with Crippen molar-refractivity contribution in [3.63, 3.8) is 0 Å². The predicted octanol–water partition coefficient (Wildman–Crippen LogP) is 3.17. The van der Waals surface area contributed by atoms with Gasteiger partial charge in [0, 0.05) is 19.6 Å². The first-order valence-corrected chi connectivity index (χ1v) is 7.76. The molecular weight excluding hydrogens is 232 g/mol. The highest BCUT2D eigenvalue weighted by Crippen LogP contribution is 2.10. The molecule has 19 heavy (non-hydrogen) atoms. The standard InChI is InChI=1S/C17H28N2/c1-3-16-8-7-9-17(14-16)15-18(2)12-13-19-10-5-4-6-11-19/h7-9,14H,3-6,10-13,15H2,1-2H3. The zero-order valence-electron chi connectivity index (χ0n) is 12.6. The van der Waals surface area contributed by atoms with Crippen molar-refractivity contribution in [2.24, 2.45) is 0 Å². The number of hydrogen-bond acceptors (Lipinski definition) is 2. The van der Waals surface area contributed by atoms with Crippen LogP contribution in [0.15, 0.2) is 24.3 Å². The van der Waals surface area contributed by atoms with Crippen LogP contribution in [-0.4, -0.2) is 43.0 Å². The van der Waals surface area contributed by atoms with Gasteiger partial charge in [0.2, 0.25) is 0 Å². The minimum atomic E-state index is 1.07. The first kappa shape index (κ1) is 14.5. The van der Waals surface area contributed by atoms with Gasteiger partial charge in [-0.15, -0.1) is 0 Å². The molecule has 0 radical (unpaired) electrons. The van der Waals surface area contributed by atoms with Crippen molar-refractivity contribution in [3.8, 4) is 0 Å². The number of likely N-dealkylation sites (N-methyl/N-ethyl adjacent to an activating group) is 1. The molecule has 0 atom stereocenters. The van der Waals surface area contributed by atoms with Crippen LogP contribution in [0.5, 0.6) is 0 Å². The van der Waals surface area contributed by atoms with Crippen molar-refractivity contribution in [3.05, 3.63) is 35.4 Å². The van der Waals surface area contributed by atoms with Gasteiger partial charge in [0.1, 0.15) is 0 Å². The van der Waals surface area contributed by atoms with E-state index in [9.17, 15) is 0 Å². The Morgan fingerprint density at radius 1 is 1.11 bits per heavy atom. The van der Waals surface area contributed by atoms with E-state index in [-0.39, 0.29) is 0 Å². The van der Waals surface area contributed by atoms with E-state index >= 15 is 0 Å². The highest BCUT2D eigenvalue weighted by Gasteiger charge is 2.10. The molecule has 2 rings (SSSR count). The van der Waals surface area contributed by atoms with Crippen LogP contribution >= 0.6 is 0 Å². The van der Waals surface area contributed by atoms with Gasteiger partial charge in [0.25, 0.3) is 0 Å². The maximum atomic E-state index is 2.61. The Balaban J connectivity index is 1.75. The lowest BCUT2D eigenvalue weighted by Gasteiger charge is -2.28. The summed E-state index contributed by atoms with van der Waals surface area (Å²) in [6.07, 6.45) is 5.34.